The Morgan fingerprint density at radius 2 is 2.12 bits per heavy atom. The molecule has 0 amide bonds. The fraction of sp³-hybridized carbons (Fsp3) is 0.154. The quantitative estimate of drug-likeness (QED) is 0.720. The van der Waals surface area contributed by atoms with Crippen LogP contribution in [0.4, 0.5) is 0 Å². The number of hydrogen-bond acceptors (Lipinski definition) is 1. The van der Waals surface area contributed by atoms with Crippen LogP contribution >= 0.6 is 39.1 Å². The van der Waals surface area contributed by atoms with Crippen molar-refractivity contribution < 1.29 is 0 Å². The summed E-state index contributed by atoms with van der Waals surface area (Å²) in [6, 6.07) is 9.88. The lowest BCUT2D eigenvalue weighted by molar-refractivity contribution is 0.915. The van der Waals surface area contributed by atoms with Crippen molar-refractivity contribution in [3.63, 3.8) is 0 Å². The van der Waals surface area contributed by atoms with E-state index in [9.17, 15) is 0 Å². The maximum atomic E-state index is 6.38. The molecule has 1 unspecified atom stereocenters. The molecule has 1 atom stereocenters. The first kappa shape index (κ1) is 12.9. The van der Waals surface area contributed by atoms with Crippen LogP contribution in [0.15, 0.2) is 47.2 Å². The topological polar surface area (TPSA) is 12.9 Å². The number of halogens is 3. The minimum atomic E-state index is -0.0904. The molecule has 4 heteroatoms. The Hall–Kier alpha value is -0.570. The standard InChI is InChI=1S/C13H10BrCl2N/c14-11-3-1-2-9(6-11)12(15)7-10-4-5-17-8-13(10)16/h1-6,8,12H,7H2. The summed E-state index contributed by atoms with van der Waals surface area (Å²) in [7, 11) is 0. The maximum absolute atomic E-state index is 6.38. The van der Waals surface area contributed by atoms with Crippen molar-refractivity contribution in [2.75, 3.05) is 0 Å². The predicted molar refractivity (Wildman–Crippen MR) is 75.7 cm³/mol. The molecule has 1 aromatic heterocycles. The monoisotopic (exact) mass is 329 g/mol. The molecule has 1 nitrogen and oxygen atoms in total. The summed E-state index contributed by atoms with van der Waals surface area (Å²) in [6.07, 6.45) is 4.06. The molecule has 0 fully saturated rings. The number of benzene rings is 1. The molecule has 0 spiro atoms. The normalized spacial score (nSPS) is 12.4. The molecule has 17 heavy (non-hydrogen) atoms. The average molecular weight is 331 g/mol. The largest absolute Gasteiger partial charge is 0.263 e. The minimum absolute atomic E-state index is 0.0904. The van der Waals surface area contributed by atoms with Crippen LogP contribution in [-0.2, 0) is 6.42 Å². The van der Waals surface area contributed by atoms with Crippen molar-refractivity contribution in [2.45, 2.75) is 11.8 Å². The Balaban J connectivity index is 2.17. The van der Waals surface area contributed by atoms with Gasteiger partial charge in [-0.15, -0.1) is 11.6 Å². The highest BCUT2D eigenvalue weighted by atomic mass is 79.9. The van der Waals surface area contributed by atoms with Crippen molar-refractivity contribution in [1.82, 2.24) is 4.98 Å². The third-order valence-electron chi connectivity index (χ3n) is 2.47. The molecule has 0 saturated carbocycles. The summed E-state index contributed by atoms with van der Waals surface area (Å²) >= 11 is 15.9. The predicted octanol–water partition coefficient (Wildman–Crippen LogP) is 5.02. The molecule has 0 N–H and O–H groups in total. The van der Waals surface area contributed by atoms with Gasteiger partial charge in [0, 0.05) is 16.9 Å². The Morgan fingerprint density at radius 1 is 1.29 bits per heavy atom. The molecule has 0 radical (unpaired) electrons. The van der Waals surface area contributed by atoms with Gasteiger partial charge in [-0.1, -0.05) is 39.7 Å². The number of rotatable bonds is 3. The van der Waals surface area contributed by atoms with Crippen LogP contribution < -0.4 is 0 Å². The fourth-order valence-corrected chi connectivity index (χ4v) is 2.50. The van der Waals surface area contributed by atoms with Crippen LogP contribution in [0.1, 0.15) is 16.5 Å². The van der Waals surface area contributed by atoms with Gasteiger partial charge in [0.15, 0.2) is 0 Å². The SMILES string of the molecule is Clc1cnccc1CC(Cl)c1cccc(Br)c1. The number of nitrogens with zero attached hydrogens (tertiary/aromatic N) is 1. The van der Waals surface area contributed by atoms with E-state index in [1.54, 1.807) is 12.4 Å². The lowest BCUT2D eigenvalue weighted by Crippen LogP contribution is -1.97. The molecular formula is C13H10BrCl2N. The smallest absolute Gasteiger partial charge is 0.0626 e. The summed E-state index contributed by atoms with van der Waals surface area (Å²) in [5.41, 5.74) is 2.09. The first-order valence-corrected chi connectivity index (χ1v) is 6.75. The maximum Gasteiger partial charge on any atom is 0.0626 e. The first-order chi connectivity index (χ1) is 8.16. The highest BCUT2D eigenvalue weighted by Gasteiger charge is 2.11. The van der Waals surface area contributed by atoms with Crippen LogP contribution in [0.2, 0.25) is 5.02 Å². The number of aromatic nitrogens is 1. The first-order valence-electron chi connectivity index (χ1n) is 5.15. The van der Waals surface area contributed by atoms with Crippen LogP contribution in [0.25, 0.3) is 0 Å². The zero-order chi connectivity index (χ0) is 12.3. The highest BCUT2D eigenvalue weighted by Crippen LogP contribution is 2.29. The van der Waals surface area contributed by atoms with E-state index < -0.39 is 0 Å². The number of hydrogen-bond donors (Lipinski definition) is 0. The Morgan fingerprint density at radius 3 is 2.82 bits per heavy atom. The van der Waals surface area contributed by atoms with Crippen LogP contribution in [0.5, 0.6) is 0 Å². The molecular weight excluding hydrogens is 321 g/mol. The van der Waals surface area contributed by atoms with Crippen molar-refractivity contribution in [1.29, 1.82) is 0 Å². The van der Waals surface area contributed by atoms with E-state index in [1.807, 2.05) is 30.3 Å². The van der Waals surface area contributed by atoms with E-state index in [0.717, 1.165) is 15.6 Å². The third kappa shape index (κ3) is 3.44. The second-order valence-electron chi connectivity index (χ2n) is 3.69. The average Bonchev–Trinajstić information content (AvgIpc) is 2.32. The molecule has 2 rings (SSSR count). The molecule has 0 bridgehead atoms. The van der Waals surface area contributed by atoms with E-state index in [4.69, 9.17) is 23.2 Å². The van der Waals surface area contributed by atoms with Crippen LogP contribution in [0.3, 0.4) is 0 Å². The van der Waals surface area contributed by atoms with Gasteiger partial charge in [-0.25, -0.2) is 0 Å². The lowest BCUT2D eigenvalue weighted by Gasteiger charge is -2.11. The molecule has 0 aliphatic carbocycles. The van der Waals surface area contributed by atoms with Gasteiger partial charge in [0.2, 0.25) is 0 Å². The van der Waals surface area contributed by atoms with Crippen molar-refractivity contribution in [2.24, 2.45) is 0 Å². The number of pyridine rings is 1. The van der Waals surface area contributed by atoms with Crippen molar-refractivity contribution >= 4 is 39.1 Å². The second kappa shape index (κ2) is 5.85. The van der Waals surface area contributed by atoms with Gasteiger partial charge in [0.25, 0.3) is 0 Å². The van der Waals surface area contributed by atoms with E-state index in [0.29, 0.717) is 11.4 Å². The molecule has 1 aromatic carbocycles. The van der Waals surface area contributed by atoms with Gasteiger partial charge in [-0.05, 0) is 35.7 Å². The summed E-state index contributed by atoms with van der Waals surface area (Å²) in [6.45, 7) is 0. The van der Waals surface area contributed by atoms with Gasteiger partial charge in [0.05, 0.1) is 10.4 Å². The lowest BCUT2D eigenvalue weighted by atomic mass is 10.1. The van der Waals surface area contributed by atoms with Gasteiger partial charge >= 0.3 is 0 Å². The third-order valence-corrected chi connectivity index (χ3v) is 3.71. The summed E-state index contributed by atoms with van der Waals surface area (Å²) in [5.74, 6) is 0. The molecule has 88 valence electrons. The Bertz CT molecular complexity index is 516. The molecule has 1 heterocycles. The van der Waals surface area contributed by atoms with Gasteiger partial charge in [-0.3, -0.25) is 4.98 Å². The van der Waals surface area contributed by atoms with Crippen molar-refractivity contribution in [3.8, 4) is 0 Å². The highest BCUT2D eigenvalue weighted by molar-refractivity contribution is 9.10. The molecule has 0 aliphatic rings. The van der Waals surface area contributed by atoms with Crippen LogP contribution in [0, 0.1) is 0 Å². The van der Waals surface area contributed by atoms with E-state index in [-0.39, 0.29) is 5.38 Å². The fourth-order valence-electron chi connectivity index (χ4n) is 1.58. The number of alkyl halides is 1. The molecule has 2 aromatic rings. The van der Waals surface area contributed by atoms with Crippen LogP contribution in [-0.4, -0.2) is 4.98 Å². The summed E-state index contributed by atoms with van der Waals surface area (Å²) in [4.78, 5) is 3.96. The molecule has 0 aliphatic heterocycles. The zero-order valence-electron chi connectivity index (χ0n) is 8.91. The Kier molecular flexibility index (Phi) is 4.43. The second-order valence-corrected chi connectivity index (χ2v) is 5.54. The van der Waals surface area contributed by atoms with E-state index in [2.05, 4.69) is 20.9 Å². The van der Waals surface area contributed by atoms with Gasteiger partial charge in [-0.2, -0.15) is 0 Å². The Labute approximate surface area is 119 Å². The van der Waals surface area contributed by atoms with Gasteiger partial charge in [0.1, 0.15) is 0 Å². The van der Waals surface area contributed by atoms with E-state index in [1.165, 1.54) is 0 Å². The molecule has 0 saturated heterocycles. The van der Waals surface area contributed by atoms with E-state index >= 15 is 0 Å². The summed E-state index contributed by atoms with van der Waals surface area (Å²) < 4.78 is 1.03. The zero-order valence-corrected chi connectivity index (χ0v) is 12.0. The van der Waals surface area contributed by atoms with Crippen molar-refractivity contribution in [3.05, 3.63) is 63.3 Å². The van der Waals surface area contributed by atoms with Gasteiger partial charge < -0.3 is 0 Å². The minimum Gasteiger partial charge on any atom is -0.263 e. The summed E-state index contributed by atoms with van der Waals surface area (Å²) in [5, 5.41) is 0.570.